The highest BCUT2D eigenvalue weighted by Crippen LogP contribution is 2.25. The van der Waals surface area contributed by atoms with Crippen molar-refractivity contribution in [1.82, 2.24) is 4.90 Å². The molecule has 0 saturated carbocycles. The summed E-state index contributed by atoms with van der Waals surface area (Å²) in [6.45, 7) is 12.6. The van der Waals surface area contributed by atoms with Crippen molar-refractivity contribution in [3.8, 4) is 11.5 Å². The molecule has 31 heavy (non-hydrogen) atoms. The maximum absolute atomic E-state index is 12.9. The number of sulfone groups is 1. The van der Waals surface area contributed by atoms with Gasteiger partial charge in [0.1, 0.15) is 18.1 Å². The van der Waals surface area contributed by atoms with Crippen LogP contribution < -0.4 is 9.47 Å². The zero-order chi connectivity index (χ0) is 22.7. The second-order valence-electron chi connectivity index (χ2n) is 7.62. The topological polar surface area (TPSA) is 55.8 Å². The molecular weight excluding hydrogens is 410 g/mol. The van der Waals surface area contributed by atoms with Gasteiger partial charge in [-0.15, -0.1) is 0 Å². The van der Waals surface area contributed by atoms with Crippen LogP contribution in [-0.2, 0) is 9.84 Å². The van der Waals surface area contributed by atoms with Gasteiger partial charge in [-0.1, -0.05) is 19.4 Å². The second kappa shape index (κ2) is 12.5. The molecular formula is C25H35NO4S. The van der Waals surface area contributed by atoms with E-state index >= 15 is 0 Å². The lowest BCUT2D eigenvalue weighted by atomic mass is 10.3. The van der Waals surface area contributed by atoms with Crippen molar-refractivity contribution in [1.29, 1.82) is 0 Å². The molecule has 0 aromatic heterocycles. The highest BCUT2D eigenvalue weighted by atomic mass is 32.2. The molecule has 0 radical (unpaired) electrons. The predicted molar refractivity (Wildman–Crippen MR) is 126 cm³/mol. The molecule has 0 N–H and O–H groups in total. The highest BCUT2D eigenvalue weighted by Gasteiger charge is 2.17. The number of unbranched alkanes of at least 4 members (excludes halogenated alkanes) is 1. The highest BCUT2D eigenvalue weighted by molar-refractivity contribution is 7.91. The van der Waals surface area contributed by atoms with Gasteiger partial charge in [0.05, 0.1) is 16.4 Å². The Morgan fingerprint density at radius 2 is 1.35 bits per heavy atom. The second-order valence-corrected chi connectivity index (χ2v) is 9.57. The van der Waals surface area contributed by atoms with Crippen LogP contribution >= 0.6 is 0 Å². The minimum absolute atomic E-state index is 0.243. The fraction of sp³-hybridized carbons (Fsp3) is 0.440. The molecule has 0 atom stereocenters. The monoisotopic (exact) mass is 445 g/mol. The Balaban J connectivity index is 1.90. The molecule has 6 heteroatoms. The van der Waals surface area contributed by atoms with E-state index in [2.05, 4.69) is 18.7 Å². The number of rotatable bonds is 13. The Bertz CT molecular complexity index is 911. The molecule has 2 aromatic rings. The molecule has 0 unspecified atom stereocenters. The Kier molecular flexibility index (Phi) is 10.1. The van der Waals surface area contributed by atoms with Gasteiger partial charge in [-0.05, 0) is 101 Å². The van der Waals surface area contributed by atoms with Gasteiger partial charge < -0.3 is 14.4 Å². The summed E-state index contributed by atoms with van der Waals surface area (Å²) in [7, 11) is -3.58. The van der Waals surface area contributed by atoms with E-state index in [4.69, 9.17) is 9.47 Å². The van der Waals surface area contributed by atoms with E-state index in [-0.39, 0.29) is 9.79 Å². The Morgan fingerprint density at radius 3 is 1.84 bits per heavy atom. The Morgan fingerprint density at radius 1 is 0.839 bits per heavy atom. The van der Waals surface area contributed by atoms with E-state index in [0.29, 0.717) is 24.7 Å². The Labute approximate surface area is 187 Å². The molecule has 0 aliphatic carbocycles. The normalized spacial score (nSPS) is 11.4. The number of ether oxygens (including phenoxy) is 2. The van der Waals surface area contributed by atoms with E-state index in [9.17, 15) is 8.42 Å². The maximum atomic E-state index is 12.9. The summed E-state index contributed by atoms with van der Waals surface area (Å²) in [5.41, 5.74) is 1.17. The van der Waals surface area contributed by atoms with Crippen LogP contribution in [0, 0.1) is 0 Å². The van der Waals surface area contributed by atoms with Gasteiger partial charge in [-0.25, -0.2) is 8.42 Å². The third-order valence-electron chi connectivity index (χ3n) is 5.04. The summed E-state index contributed by atoms with van der Waals surface area (Å²) in [4.78, 5) is 2.88. The summed E-state index contributed by atoms with van der Waals surface area (Å²) < 4.78 is 37.1. The van der Waals surface area contributed by atoms with Crippen LogP contribution in [0.3, 0.4) is 0 Å². The van der Waals surface area contributed by atoms with Gasteiger partial charge in [0, 0.05) is 0 Å². The molecule has 2 rings (SSSR count). The van der Waals surface area contributed by atoms with Gasteiger partial charge >= 0.3 is 0 Å². The summed E-state index contributed by atoms with van der Waals surface area (Å²) in [6.07, 6.45) is 4.03. The number of hydrogen-bond acceptors (Lipinski definition) is 5. The van der Waals surface area contributed by atoms with Crippen molar-refractivity contribution < 1.29 is 17.9 Å². The number of nitrogens with zero attached hydrogens (tertiary/aromatic N) is 1. The summed E-state index contributed by atoms with van der Waals surface area (Å²) in [6, 6.07) is 13.1. The van der Waals surface area contributed by atoms with Crippen LogP contribution in [0.4, 0.5) is 0 Å². The lowest BCUT2D eigenvalue weighted by Gasteiger charge is -2.17. The van der Waals surface area contributed by atoms with E-state index in [1.54, 1.807) is 48.5 Å². The molecule has 0 aliphatic heterocycles. The first kappa shape index (κ1) is 25.0. The zero-order valence-electron chi connectivity index (χ0n) is 19.1. The van der Waals surface area contributed by atoms with Gasteiger partial charge in [0.25, 0.3) is 0 Å². The number of benzene rings is 2. The molecule has 0 bridgehead atoms. The third kappa shape index (κ3) is 8.04. The molecule has 2 aromatic carbocycles. The molecule has 0 fully saturated rings. The lowest BCUT2D eigenvalue weighted by Crippen LogP contribution is -2.24. The fourth-order valence-electron chi connectivity index (χ4n) is 3.04. The average molecular weight is 446 g/mol. The van der Waals surface area contributed by atoms with Crippen molar-refractivity contribution in [3.63, 3.8) is 0 Å². The van der Waals surface area contributed by atoms with Gasteiger partial charge in [-0.3, -0.25) is 0 Å². The SMILES string of the molecule is CCN(CC)CCCCOc1ccc(S(=O)(=O)c2ccc(OCC=C(C)C)cc2)cc1. The van der Waals surface area contributed by atoms with Gasteiger partial charge in [0.2, 0.25) is 9.84 Å². The van der Waals surface area contributed by atoms with Crippen LogP contribution in [0.2, 0.25) is 0 Å². The van der Waals surface area contributed by atoms with Crippen molar-refractivity contribution in [2.24, 2.45) is 0 Å². The van der Waals surface area contributed by atoms with Crippen molar-refractivity contribution >= 4 is 9.84 Å². The molecule has 0 aliphatic rings. The van der Waals surface area contributed by atoms with Gasteiger partial charge in [0.15, 0.2) is 0 Å². The predicted octanol–water partition coefficient (Wildman–Crippen LogP) is 5.37. The first-order valence-corrected chi connectivity index (χ1v) is 12.4. The Hall–Kier alpha value is -2.31. The zero-order valence-corrected chi connectivity index (χ0v) is 20.0. The van der Waals surface area contributed by atoms with Crippen LogP contribution in [0.15, 0.2) is 70.0 Å². The summed E-state index contributed by atoms with van der Waals surface area (Å²) in [5, 5.41) is 0. The van der Waals surface area contributed by atoms with Crippen LogP contribution in [0.5, 0.6) is 11.5 Å². The largest absolute Gasteiger partial charge is 0.494 e. The minimum atomic E-state index is -3.58. The quantitative estimate of drug-likeness (QED) is 0.307. The molecule has 0 saturated heterocycles. The standard InChI is InChI=1S/C25H35NO4S/c1-5-26(6-2)18-7-8-19-29-22-9-13-24(14-10-22)31(27,28)25-15-11-23(12-16-25)30-20-17-21(3)4/h9-17H,5-8,18-20H2,1-4H3. The molecule has 5 nitrogen and oxygen atoms in total. The van der Waals surface area contributed by atoms with E-state index in [1.807, 2.05) is 19.9 Å². The first-order valence-electron chi connectivity index (χ1n) is 10.9. The van der Waals surface area contributed by atoms with Crippen molar-refractivity contribution in [3.05, 3.63) is 60.2 Å². The first-order chi connectivity index (χ1) is 14.9. The van der Waals surface area contributed by atoms with E-state index in [0.717, 1.165) is 32.5 Å². The number of hydrogen-bond donors (Lipinski definition) is 0. The maximum Gasteiger partial charge on any atom is 0.206 e. The van der Waals surface area contributed by atoms with Gasteiger partial charge in [-0.2, -0.15) is 0 Å². The van der Waals surface area contributed by atoms with E-state index in [1.165, 1.54) is 5.57 Å². The lowest BCUT2D eigenvalue weighted by molar-refractivity contribution is 0.266. The summed E-state index contributed by atoms with van der Waals surface area (Å²) >= 11 is 0. The molecule has 0 amide bonds. The van der Waals surface area contributed by atoms with Crippen molar-refractivity contribution in [2.75, 3.05) is 32.8 Å². The molecule has 170 valence electrons. The number of allylic oxidation sites excluding steroid dienone is 1. The van der Waals surface area contributed by atoms with Crippen LogP contribution in [0.1, 0.15) is 40.5 Å². The molecule has 0 heterocycles. The van der Waals surface area contributed by atoms with Crippen LogP contribution in [-0.4, -0.2) is 46.2 Å². The van der Waals surface area contributed by atoms with E-state index < -0.39 is 9.84 Å². The molecule has 0 spiro atoms. The third-order valence-corrected chi connectivity index (χ3v) is 6.83. The van der Waals surface area contributed by atoms with Crippen LogP contribution in [0.25, 0.3) is 0 Å². The minimum Gasteiger partial charge on any atom is -0.494 e. The summed E-state index contributed by atoms with van der Waals surface area (Å²) in [5.74, 6) is 1.33. The van der Waals surface area contributed by atoms with Crippen molar-refractivity contribution in [2.45, 2.75) is 50.3 Å². The fourth-order valence-corrected chi connectivity index (χ4v) is 4.30. The average Bonchev–Trinajstić information content (AvgIpc) is 2.77. The smallest absolute Gasteiger partial charge is 0.206 e.